The monoisotopic (exact) mass is 238 g/mol. The molecule has 4 atom stereocenters. The topological polar surface area (TPSA) is 0 Å². The molecular formula is C17H34. The molecule has 0 aliphatic heterocycles. The van der Waals surface area contributed by atoms with Gasteiger partial charge in [-0.25, -0.2) is 0 Å². The molecule has 0 rings (SSSR count). The van der Waals surface area contributed by atoms with Gasteiger partial charge in [0, 0.05) is 0 Å². The van der Waals surface area contributed by atoms with Gasteiger partial charge in [0.15, 0.2) is 0 Å². The zero-order valence-electron chi connectivity index (χ0n) is 13.6. The first-order chi connectivity index (χ1) is 7.50. The first kappa shape index (κ1) is 16.7. The van der Waals surface area contributed by atoms with E-state index >= 15 is 0 Å². The van der Waals surface area contributed by atoms with Crippen LogP contribution in [0.1, 0.15) is 62.3 Å². The summed E-state index contributed by atoms with van der Waals surface area (Å²) in [5.74, 6) is 3.57. The molecule has 17 heavy (non-hydrogen) atoms. The Kier molecular flexibility index (Phi) is 5.98. The standard InChI is InChI=1S/C17H34/c1-11(2)13(5)15(7)16(17(8,9)10)14(6)12(3)4/h11,13-16H,3H2,1-2,4-10H3. The second-order valence-electron chi connectivity index (χ2n) is 7.49. The normalized spacial score (nSPS) is 19.9. The molecule has 0 amide bonds. The van der Waals surface area contributed by atoms with Crippen LogP contribution in [0, 0.1) is 35.0 Å². The van der Waals surface area contributed by atoms with Gasteiger partial charge in [-0.2, -0.15) is 0 Å². The van der Waals surface area contributed by atoms with E-state index < -0.39 is 0 Å². The quantitative estimate of drug-likeness (QED) is 0.532. The second kappa shape index (κ2) is 6.07. The van der Waals surface area contributed by atoms with Crippen LogP contribution in [-0.2, 0) is 0 Å². The van der Waals surface area contributed by atoms with E-state index in [0.29, 0.717) is 17.3 Å². The predicted octanol–water partition coefficient (Wildman–Crippen LogP) is 5.79. The molecule has 0 aliphatic carbocycles. The average molecular weight is 238 g/mol. The molecule has 0 aliphatic rings. The van der Waals surface area contributed by atoms with E-state index in [0.717, 1.165) is 17.8 Å². The van der Waals surface area contributed by atoms with Crippen molar-refractivity contribution in [3.05, 3.63) is 12.2 Å². The van der Waals surface area contributed by atoms with Gasteiger partial charge in [-0.1, -0.05) is 67.5 Å². The minimum absolute atomic E-state index is 0.348. The molecule has 0 N–H and O–H groups in total. The van der Waals surface area contributed by atoms with Crippen LogP contribution in [0.3, 0.4) is 0 Å². The van der Waals surface area contributed by atoms with E-state index in [1.807, 2.05) is 0 Å². The third kappa shape index (κ3) is 4.48. The fourth-order valence-electron chi connectivity index (χ4n) is 3.23. The fraction of sp³-hybridized carbons (Fsp3) is 0.882. The molecule has 0 aromatic heterocycles. The molecule has 102 valence electrons. The maximum atomic E-state index is 4.18. The van der Waals surface area contributed by atoms with Crippen molar-refractivity contribution in [3.8, 4) is 0 Å². The van der Waals surface area contributed by atoms with Gasteiger partial charge in [-0.05, 0) is 41.9 Å². The van der Waals surface area contributed by atoms with E-state index in [4.69, 9.17) is 0 Å². The molecule has 0 heterocycles. The van der Waals surface area contributed by atoms with Crippen molar-refractivity contribution in [1.29, 1.82) is 0 Å². The van der Waals surface area contributed by atoms with Crippen LogP contribution >= 0.6 is 0 Å². The predicted molar refractivity (Wildman–Crippen MR) is 80.1 cm³/mol. The smallest absolute Gasteiger partial charge is 0.0201 e. The molecule has 0 spiro atoms. The third-order valence-electron chi connectivity index (χ3n) is 4.76. The highest BCUT2D eigenvalue weighted by atomic mass is 14.4. The van der Waals surface area contributed by atoms with Crippen LogP contribution in [0.2, 0.25) is 0 Å². The van der Waals surface area contributed by atoms with E-state index in [1.54, 1.807) is 0 Å². The van der Waals surface area contributed by atoms with Gasteiger partial charge in [-0.15, -0.1) is 0 Å². The highest BCUT2D eigenvalue weighted by molar-refractivity contribution is 5.01. The Morgan fingerprint density at radius 3 is 1.53 bits per heavy atom. The molecule has 0 fully saturated rings. The minimum atomic E-state index is 0.348. The van der Waals surface area contributed by atoms with Crippen molar-refractivity contribution < 1.29 is 0 Å². The van der Waals surface area contributed by atoms with E-state index in [9.17, 15) is 0 Å². The van der Waals surface area contributed by atoms with Crippen LogP contribution in [0.5, 0.6) is 0 Å². The number of hydrogen-bond acceptors (Lipinski definition) is 0. The Balaban J connectivity index is 5.13. The van der Waals surface area contributed by atoms with Gasteiger partial charge in [-0.3, -0.25) is 0 Å². The Bertz CT molecular complexity index is 241. The van der Waals surface area contributed by atoms with Crippen molar-refractivity contribution in [2.75, 3.05) is 0 Å². The minimum Gasteiger partial charge on any atom is -0.0999 e. The van der Waals surface area contributed by atoms with Gasteiger partial charge >= 0.3 is 0 Å². The van der Waals surface area contributed by atoms with Crippen LogP contribution < -0.4 is 0 Å². The maximum absolute atomic E-state index is 4.18. The number of hydrogen-bond donors (Lipinski definition) is 0. The molecule has 4 unspecified atom stereocenters. The van der Waals surface area contributed by atoms with E-state index in [1.165, 1.54) is 5.57 Å². The first-order valence-corrected chi connectivity index (χ1v) is 7.15. The third-order valence-corrected chi connectivity index (χ3v) is 4.76. The largest absolute Gasteiger partial charge is 0.0999 e. The summed E-state index contributed by atoms with van der Waals surface area (Å²) < 4.78 is 0. The highest BCUT2D eigenvalue weighted by Crippen LogP contribution is 2.44. The van der Waals surface area contributed by atoms with Crippen molar-refractivity contribution >= 4 is 0 Å². The lowest BCUT2D eigenvalue weighted by molar-refractivity contribution is 0.0741. The van der Waals surface area contributed by atoms with Crippen LogP contribution in [0.4, 0.5) is 0 Å². The SMILES string of the molecule is C=C(C)C(C)C(C(C)C(C)C(C)C)C(C)(C)C. The highest BCUT2D eigenvalue weighted by Gasteiger charge is 2.37. The summed E-state index contributed by atoms with van der Waals surface area (Å²) in [4.78, 5) is 0. The summed E-state index contributed by atoms with van der Waals surface area (Å²) in [5, 5.41) is 0. The Hall–Kier alpha value is -0.260. The molecule has 0 aromatic rings. The van der Waals surface area contributed by atoms with Gasteiger partial charge in [0.25, 0.3) is 0 Å². The lowest BCUT2D eigenvalue weighted by Gasteiger charge is -2.43. The molecule has 0 heteroatoms. The van der Waals surface area contributed by atoms with Gasteiger partial charge in [0.2, 0.25) is 0 Å². The Labute approximate surface area is 110 Å². The molecule has 0 nitrogen and oxygen atoms in total. The molecule has 0 bridgehead atoms. The summed E-state index contributed by atoms with van der Waals surface area (Å²) in [6.45, 7) is 25.3. The Morgan fingerprint density at radius 2 is 1.29 bits per heavy atom. The summed E-state index contributed by atoms with van der Waals surface area (Å²) in [6.07, 6.45) is 0. The lowest BCUT2D eigenvalue weighted by Crippen LogP contribution is -2.36. The summed E-state index contributed by atoms with van der Waals surface area (Å²) in [5.41, 5.74) is 1.67. The Morgan fingerprint density at radius 1 is 0.882 bits per heavy atom. The zero-order chi connectivity index (χ0) is 14.0. The van der Waals surface area contributed by atoms with E-state index in [-0.39, 0.29) is 0 Å². The molecule has 0 saturated heterocycles. The average Bonchev–Trinajstić information content (AvgIpc) is 2.13. The first-order valence-electron chi connectivity index (χ1n) is 7.15. The lowest BCUT2D eigenvalue weighted by atomic mass is 9.62. The number of allylic oxidation sites excluding steroid dienone is 1. The maximum Gasteiger partial charge on any atom is -0.0201 e. The van der Waals surface area contributed by atoms with Crippen molar-refractivity contribution in [2.45, 2.75) is 62.3 Å². The van der Waals surface area contributed by atoms with Crippen molar-refractivity contribution in [1.82, 2.24) is 0 Å². The van der Waals surface area contributed by atoms with Gasteiger partial charge in [0.1, 0.15) is 0 Å². The van der Waals surface area contributed by atoms with E-state index in [2.05, 4.69) is 68.9 Å². The zero-order valence-corrected chi connectivity index (χ0v) is 13.6. The molecule has 0 saturated carbocycles. The summed E-state index contributed by atoms with van der Waals surface area (Å²) >= 11 is 0. The van der Waals surface area contributed by atoms with Gasteiger partial charge in [0.05, 0.1) is 0 Å². The number of rotatable bonds is 5. The molecular weight excluding hydrogens is 204 g/mol. The molecule has 0 aromatic carbocycles. The van der Waals surface area contributed by atoms with Crippen LogP contribution in [0.25, 0.3) is 0 Å². The summed E-state index contributed by atoms with van der Waals surface area (Å²) in [6, 6.07) is 0. The van der Waals surface area contributed by atoms with Crippen molar-refractivity contribution in [2.24, 2.45) is 35.0 Å². The summed E-state index contributed by atoms with van der Waals surface area (Å²) in [7, 11) is 0. The van der Waals surface area contributed by atoms with Gasteiger partial charge < -0.3 is 0 Å². The van der Waals surface area contributed by atoms with Crippen LogP contribution in [0.15, 0.2) is 12.2 Å². The fourth-order valence-corrected chi connectivity index (χ4v) is 3.23. The van der Waals surface area contributed by atoms with Crippen LogP contribution in [-0.4, -0.2) is 0 Å². The second-order valence-corrected chi connectivity index (χ2v) is 7.49. The molecule has 0 radical (unpaired) electrons. The van der Waals surface area contributed by atoms with Crippen molar-refractivity contribution in [3.63, 3.8) is 0 Å².